The molecule has 0 spiro atoms. The standard InChI is InChI=1S/C18H30N4OS/c1-3-19-18(22(2)13-11-16-9-6-14-24-16)20-12-10-17(23)21-15-7-4-5-8-15/h6,9,14-15H,3-5,7-8,10-13H2,1-2H3,(H,19,20)(H,21,23). The van der Waals surface area contributed by atoms with Crippen LogP contribution >= 0.6 is 11.3 Å². The van der Waals surface area contributed by atoms with E-state index in [2.05, 4.69) is 45.0 Å². The van der Waals surface area contributed by atoms with Gasteiger partial charge in [0.15, 0.2) is 5.96 Å². The molecule has 2 rings (SSSR count). The number of thiophene rings is 1. The SMILES string of the molecule is CCNC(=NCCC(=O)NC1CCCC1)N(C)CCc1cccs1. The minimum atomic E-state index is 0.128. The summed E-state index contributed by atoms with van der Waals surface area (Å²) in [7, 11) is 2.05. The van der Waals surface area contributed by atoms with E-state index in [0.717, 1.165) is 38.3 Å². The first-order valence-corrected chi connectivity index (χ1v) is 9.88. The van der Waals surface area contributed by atoms with Crippen molar-refractivity contribution in [2.45, 2.75) is 51.5 Å². The van der Waals surface area contributed by atoms with Crippen LogP contribution in [0.5, 0.6) is 0 Å². The molecule has 1 saturated carbocycles. The van der Waals surface area contributed by atoms with Crippen LogP contribution in [0.15, 0.2) is 22.5 Å². The smallest absolute Gasteiger partial charge is 0.222 e. The van der Waals surface area contributed by atoms with Gasteiger partial charge in [-0.05, 0) is 37.6 Å². The van der Waals surface area contributed by atoms with Crippen LogP contribution in [0.25, 0.3) is 0 Å². The second-order valence-corrected chi connectivity index (χ2v) is 7.32. The average Bonchev–Trinajstić information content (AvgIpc) is 3.25. The third-order valence-electron chi connectivity index (χ3n) is 4.29. The summed E-state index contributed by atoms with van der Waals surface area (Å²) >= 11 is 1.79. The summed E-state index contributed by atoms with van der Waals surface area (Å²) in [4.78, 5) is 20.1. The van der Waals surface area contributed by atoms with Crippen molar-refractivity contribution >= 4 is 23.2 Å². The summed E-state index contributed by atoms with van der Waals surface area (Å²) < 4.78 is 0. The fraction of sp³-hybridized carbons (Fsp3) is 0.667. The molecule has 0 atom stereocenters. The van der Waals surface area contributed by atoms with E-state index in [-0.39, 0.29) is 5.91 Å². The van der Waals surface area contributed by atoms with Gasteiger partial charge in [0.1, 0.15) is 0 Å². The van der Waals surface area contributed by atoms with Gasteiger partial charge in [-0.25, -0.2) is 0 Å². The second-order valence-electron chi connectivity index (χ2n) is 6.29. The normalized spacial score (nSPS) is 15.5. The van der Waals surface area contributed by atoms with Crippen LogP contribution in [0.3, 0.4) is 0 Å². The summed E-state index contributed by atoms with van der Waals surface area (Å²) in [5.74, 6) is 1.01. The molecule has 0 unspecified atom stereocenters. The van der Waals surface area contributed by atoms with Crippen LogP contribution < -0.4 is 10.6 Å². The zero-order chi connectivity index (χ0) is 17.2. The molecular weight excluding hydrogens is 320 g/mol. The number of hydrogen-bond acceptors (Lipinski definition) is 3. The van der Waals surface area contributed by atoms with Crippen LogP contribution in [0.4, 0.5) is 0 Å². The molecular formula is C18H30N4OS. The average molecular weight is 351 g/mol. The van der Waals surface area contributed by atoms with Crippen molar-refractivity contribution in [3.05, 3.63) is 22.4 Å². The number of rotatable bonds is 8. The first kappa shape index (κ1) is 18.8. The third kappa shape index (κ3) is 6.51. The lowest BCUT2D eigenvalue weighted by atomic mass is 10.2. The lowest BCUT2D eigenvalue weighted by Crippen LogP contribution is -2.40. The fourth-order valence-electron chi connectivity index (χ4n) is 2.94. The van der Waals surface area contributed by atoms with E-state index in [1.807, 2.05) is 7.05 Å². The number of carbonyl (C=O) groups excluding carboxylic acids is 1. The summed E-state index contributed by atoms with van der Waals surface area (Å²) in [6.45, 7) is 4.34. The Labute approximate surface area is 149 Å². The van der Waals surface area contributed by atoms with Crippen LogP contribution in [-0.2, 0) is 11.2 Å². The molecule has 134 valence electrons. The molecule has 0 aromatic carbocycles. The fourth-order valence-corrected chi connectivity index (χ4v) is 3.64. The number of likely N-dealkylation sites (N-methyl/N-ethyl adjacent to an activating group) is 1. The van der Waals surface area contributed by atoms with Crippen molar-refractivity contribution in [2.24, 2.45) is 4.99 Å². The van der Waals surface area contributed by atoms with Gasteiger partial charge in [0.2, 0.25) is 5.91 Å². The number of nitrogens with zero attached hydrogens (tertiary/aromatic N) is 2. The molecule has 1 aliphatic carbocycles. The van der Waals surface area contributed by atoms with E-state index >= 15 is 0 Å². The Morgan fingerprint density at radius 3 is 2.88 bits per heavy atom. The molecule has 6 heteroatoms. The number of hydrogen-bond donors (Lipinski definition) is 2. The van der Waals surface area contributed by atoms with Gasteiger partial charge in [0.05, 0.1) is 6.54 Å². The number of carbonyl (C=O) groups is 1. The lowest BCUT2D eigenvalue weighted by molar-refractivity contribution is -0.121. The highest BCUT2D eigenvalue weighted by molar-refractivity contribution is 7.09. The van der Waals surface area contributed by atoms with Gasteiger partial charge in [-0.2, -0.15) is 0 Å². The maximum atomic E-state index is 12.0. The number of aliphatic imine (C=N–C) groups is 1. The molecule has 1 fully saturated rings. The zero-order valence-electron chi connectivity index (χ0n) is 14.9. The zero-order valence-corrected chi connectivity index (χ0v) is 15.7. The molecule has 1 aliphatic rings. The molecule has 0 bridgehead atoms. The highest BCUT2D eigenvalue weighted by Gasteiger charge is 2.16. The van der Waals surface area contributed by atoms with Gasteiger partial charge in [-0.3, -0.25) is 9.79 Å². The van der Waals surface area contributed by atoms with Gasteiger partial charge in [0.25, 0.3) is 0 Å². The highest BCUT2D eigenvalue weighted by Crippen LogP contribution is 2.17. The molecule has 24 heavy (non-hydrogen) atoms. The van der Waals surface area contributed by atoms with E-state index in [1.54, 1.807) is 11.3 Å². The summed E-state index contributed by atoms with van der Waals surface area (Å²) in [5, 5.41) is 8.53. The van der Waals surface area contributed by atoms with Crippen molar-refractivity contribution in [1.82, 2.24) is 15.5 Å². The predicted molar refractivity (Wildman–Crippen MR) is 102 cm³/mol. The Morgan fingerprint density at radius 2 is 2.21 bits per heavy atom. The minimum absolute atomic E-state index is 0.128. The maximum Gasteiger partial charge on any atom is 0.222 e. The quantitative estimate of drug-likeness (QED) is 0.560. The Bertz CT molecular complexity index is 509. The molecule has 5 nitrogen and oxygen atoms in total. The second kappa shape index (κ2) is 10.3. The van der Waals surface area contributed by atoms with Crippen molar-refractivity contribution < 1.29 is 4.79 Å². The first-order chi connectivity index (χ1) is 11.7. The lowest BCUT2D eigenvalue weighted by Gasteiger charge is -2.21. The first-order valence-electron chi connectivity index (χ1n) is 9.00. The van der Waals surface area contributed by atoms with E-state index < -0.39 is 0 Å². The van der Waals surface area contributed by atoms with Crippen LogP contribution in [0, 0.1) is 0 Å². The molecule has 0 radical (unpaired) electrons. The van der Waals surface area contributed by atoms with Gasteiger partial charge in [0, 0.05) is 37.5 Å². The van der Waals surface area contributed by atoms with Crippen molar-refractivity contribution in [3.63, 3.8) is 0 Å². The van der Waals surface area contributed by atoms with Crippen LogP contribution in [-0.4, -0.2) is 49.5 Å². The number of amides is 1. The monoisotopic (exact) mass is 350 g/mol. The Hall–Kier alpha value is -1.56. The third-order valence-corrected chi connectivity index (χ3v) is 5.23. The Kier molecular flexibility index (Phi) is 8.08. The summed E-state index contributed by atoms with van der Waals surface area (Å²) in [6.07, 6.45) is 6.21. The molecule has 1 heterocycles. The van der Waals surface area contributed by atoms with Crippen molar-refractivity contribution in [2.75, 3.05) is 26.7 Å². The van der Waals surface area contributed by atoms with E-state index in [4.69, 9.17) is 0 Å². The van der Waals surface area contributed by atoms with Gasteiger partial charge < -0.3 is 15.5 Å². The van der Waals surface area contributed by atoms with Gasteiger partial charge in [-0.1, -0.05) is 18.9 Å². The Balaban J connectivity index is 1.74. The largest absolute Gasteiger partial charge is 0.357 e. The van der Waals surface area contributed by atoms with Crippen molar-refractivity contribution in [3.8, 4) is 0 Å². The number of nitrogens with one attached hydrogen (secondary N) is 2. The van der Waals surface area contributed by atoms with E-state index in [0.29, 0.717) is 19.0 Å². The summed E-state index contributed by atoms with van der Waals surface area (Å²) in [6, 6.07) is 4.64. The summed E-state index contributed by atoms with van der Waals surface area (Å²) in [5.41, 5.74) is 0. The predicted octanol–water partition coefficient (Wildman–Crippen LogP) is 2.64. The molecule has 2 N–H and O–H groups in total. The molecule has 0 saturated heterocycles. The number of guanidine groups is 1. The Morgan fingerprint density at radius 1 is 1.42 bits per heavy atom. The topological polar surface area (TPSA) is 56.7 Å². The van der Waals surface area contributed by atoms with E-state index in [1.165, 1.54) is 17.7 Å². The highest BCUT2D eigenvalue weighted by atomic mass is 32.1. The van der Waals surface area contributed by atoms with Gasteiger partial charge in [-0.15, -0.1) is 11.3 Å². The molecule has 1 aromatic rings. The molecule has 0 aliphatic heterocycles. The van der Waals surface area contributed by atoms with Crippen LogP contribution in [0.2, 0.25) is 0 Å². The van der Waals surface area contributed by atoms with Crippen LogP contribution in [0.1, 0.15) is 43.9 Å². The van der Waals surface area contributed by atoms with Crippen molar-refractivity contribution in [1.29, 1.82) is 0 Å². The van der Waals surface area contributed by atoms with Gasteiger partial charge >= 0.3 is 0 Å². The molecule has 1 aromatic heterocycles. The molecule has 1 amide bonds. The minimum Gasteiger partial charge on any atom is -0.357 e. The maximum absolute atomic E-state index is 12.0. The van der Waals surface area contributed by atoms with E-state index in [9.17, 15) is 4.79 Å².